The van der Waals surface area contributed by atoms with Gasteiger partial charge in [-0.25, -0.2) is 4.98 Å². The van der Waals surface area contributed by atoms with Gasteiger partial charge in [-0.05, 0) is 30.5 Å². The van der Waals surface area contributed by atoms with Crippen LogP contribution in [0.1, 0.15) is 55.4 Å². The van der Waals surface area contributed by atoms with Crippen molar-refractivity contribution in [2.24, 2.45) is 0 Å². The first-order chi connectivity index (χ1) is 17.0. The molecule has 2 aromatic carbocycles. The second-order valence-corrected chi connectivity index (χ2v) is 9.37. The third kappa shape index (κ3) is 3.44. The number of hydrogen-bond donors (Lipinski definition) is 1. The first kappa shape index (κ1) is 21.3. The molecule has 0 unspecified atom stereocenters. The van der Waals surface area contributed by atoms with Crippen LogP contribution in [0.3, 0.4) is 0 Å². The monoisotopic (exact) mass is 467 g/mol. The van der Waals surface area contributed by atoms with Gasteiger partial charge < -0.3 is 19.4 Å². The SMILES string of the molecule is CN(C(=O)c1ncn2c1CN(C(=O)c1cc3ccccc3[nH]1)CC2)C1(c2ccc(C=O)cc2)CC1. The maximum atomic E-state index is 13.6. The lowest BCUT2D eigenvalue weighted by atomic mass is 10.0. The van der Waals surface area contributed by atoms with Crippen LogP contribution in [0.4, 0.5) is 0 Å². The molecule has 0 radical (unpaired) electrons. The summed E-state index contributed by atoms with van der Waals surface area (Å²) in [6.45, 7) is 1.46. The van der Waals surface area contributed by atoms with Crippen LogP contribution < -0.4 is 0 Å². The summed E-state index contributed by atoms with van der Waals surface area (Å²) < 4.78 is 1.97. The van der Waals surface area contributed by atoms with Crippen LogP contribution in [0.15, 0.2) is 60.9 Å². The number of imidazole rings is 1. The van der Waals surface area contributed by atoms with Gasteiger partial charge in [-0.3, -0.25) is 14.4 Å². The van der Waals surface area contributed by atoms with E-state index in [1.165, 1.54) is 0 Å². The molecule has 8 nitrogen and oxygen atoms in total. The van der Waals surface area contributed by atoms with E-state index in [1.807, 2.05) is 54.1 Å². The number of aldehydes is 1. The van der Waals surface area contributed by atoms with E-state index in [2.05, 4.69) is 9.97 Å². The molecule has 1 aliphatic carbocycles. The summed E-state index contributed by atoms with van der Waals surface area (Å²) in [5.74, 6) is -0.245. The molecule has 2 aromatic heterocycles. The van der Waals surface area contributed by atoms with Crippen molar-refractivity contribution in [2.75, 3.05) is 13.6 Å². The number of H-pyrrole nitrogens is 1. The van der Waals surface area contributed by atoms with Crippen molar-refractivity contribution >= 4 is 29.0 Å². The van der Waals surface area contributed by atoms with Gasteiger partial charge in [0.1, 0.15) is 12.0 Å². The maximum absolute atomic E-state index is 13.6. The number of rotatable bonds is 5. The molecule has 1 fully saturated rings. The Morgan fingerprint density at radius 3 is 2.57 bits per heavy atom. The van der Waals surface area contributed by atoms with Gasteiger partial charge in [-0.15, -0.1) is 0 Å². The van der Waals surface area contributed by atoms with E-state index in [-0.39, 0.29) is 17.4 Å². The highest BCUT2D eigenvalue weighted by Crippen LogP contribution is 2.50. The summed E-state index contributed by atoms with van der Waals surface area (Å²) in [6, 6.07) is 17.1. The van der Waals surface area contributed by atoms with Crippen molar-refractivity contribution in [3.05, 3.63) is 89.1 Å². The summed E-state index contributed by atoms with van der Waals surface area (Å²) in [6.07, 6.45) is 4.23. The lowest BCUT2D eigenvalue weighted by Crippen LogP contribution is -2.41. The highest BCUT2D eigenvalue weighted by atomic mass is 16.2. The van der Waals surface area contributed by atoms with Gasteiger partial charge in [-0.2, -0.15) is 0 Å². The van der Waals surface area contributed by atoms with Gasteiger partial charge in [0, 0.05) is 36.6 Å². The fourth-order valence-electron chi connectivity index (χ4n) is 5.13. The molecule has 8 heteroatoms. The third-order valence-corrected chi connectivity index (χ3v) is 7.40. The number of hydrogen-bond acceptors (Lipinski definition) is 4. The van der Waals surface area contributed by atoms with Crippen molar-refractivity contribution in [3.63, 3.8) is 0 Å². The van der Waals surface area contributed by atoms with Crippen molar-refractivity contribution < 1.29 is 14.4 Å². The molecule has 1 saturated carbocycles. The molecule has 2 aliphatic rings. The predicted octanol–water partition coefficient (Wildman–Crippen LogP) is 3.59. The minimum atomic E-state index is -0.385. The Kier molecular flexibility index (Phi) is 4.84. The van der Waals surface area contributed by atoms with E-state index in [1.54, 1.807) is 28.3 Å². The lowest BCUT2D eigenvalue weighted by molar-refractivity contribution is 0.0669. The Morgan fingerprint density at radius 2 is 1.86 bits per heavy atom. The number of fused-ring (bicyclic) bond motifs is 2. The molecule has 0 saturated heterocycles. The molecule has 0 bridgehead atoms. The van der Waals surface area contributed by atoms with E-state index < -0.39 is 0 Å². The number of nitrogens with one attached hydrogen (secondary N) is 1. The third-order valence-electron chi connectivity index (χ3n) is 7.40. The molecular weight excluding hydrogens is 442 g/mol. The second kappa shape index (κ2) is 7.94. The van der Waals surface area contributed by atoms with E-state index >= 15 is 0 Å². The van der Waals surface area contributed by atoms with Crippen molar-refractivity contribution in [1.29, 1.82) is 0 Å². The van der Waals surface area contributed by atoms with Gasteiger partial charge in [0.05, 0.1) is 24.1 Å². The molecule has 3 heterocycles. The van der Waals surface area contributed by atoms with Crippen LogP contribution in [-0.4, -0.2) is 56.0 Å². The van der Waals surface area contributed by atoms with Gasteiger partial charge in [-0.1, -0.05) is 42.5 Å². The van der Waals surface area contributed by atoms with Crippen molar-refractivity contribution in [3.8, 4) is 0 Å². The van der Waals surface area contributed by atoms with Crippen LogP contribution in [0, 0.1) is 0 Å². The lowest BCUT2D eigenvalue weighted by Gasteiger charge is -2.31. The van der Waals surface area contributed by atoms with Crippen LogP contribution in [-0.2, 0) is 18.6 Å². The topological polar surface area (TPSA) is 91.3 Å². The minimum Gasteiger partial charge on any atom is -0.351 e. The molecular formula is C27H25N5O3. The number of carbonyl (C=O) groups is 3. The largest absolute Gasteiger partial charge is 0.351 e. The quantitative estimate of drug-likeness (QED) is 0.454. The average Bonchev–Trinajstić information content (AvgIpc) is 3.41. The predicted molar refractivity (Wildman–Crippen MR) is 130 cm³/mol. The Hall–Kier alpha value is -4.20. The molecule has 4 aromatic rings. The molecule has 1 N–H and O–H groups in total. The minimum absolute atomic E-state index is 0.0886. The van der Waals surface area contributed by atoms with Crippen LogP contribution >= 0.6 is 0 Å². The summed E-state index contributed by atoms with van der Waals surface area (Å²) >= 11 is 0. The molecule has 2 amide bonds. The van der Waals surface area contributed by atoms with E-state index in [0.29, 0.717) is 36.6 Å². The number of benzene rings is 2. The highest BCUT2D eigenvalue weighted by molar-refractivity contribution is 5.98. The fraction of sp³-hybridized carbons (Fsp3) is 0.259. The molecule has 35 heavy (non-hydrogen) atoms. The van der Waals surface area contributed by atoms with E-state index in [4.69, 9.17) is 0 Å². The van der Waals surface area contributed by atoms with Gasteiger partial charge in [0.25, 0.3) is 11.8 Å². The van der Waals surface area contributed by atoms with Crippen molar-refractivity contribution in [2.45, 2.75) is 31.5 Å². The number of aromatic nitrogens is 3. The van der Waals surface area contributed by atoms with Crippen LogP contribution in [0.2, 0.25) is 0 Å². The zero-order valence-corrected chi connectivity index (χ0v) is 19.4. The van der Waals surface area contributed by atoms with Gasteiger partial charge in [0.2, 0.25) is 0 Å². The molecule has 0 spiro atoms. The first-order valence-corrected chi connectivity index (χ1v) is 11.7. The van der Waals surface area contributed by atoms with Crippen molar-refractivity contribution in [1.82, 2.24) is 24.3 Å². The molecule has 1 aliphatic heterocycles. The van der Waals surface area contributed by atoms with E-state index in [0.717, 1.165) is 41.3 Å². The highest BCUT2D eigenvalue weighted by Gasteiger charge is 2.50. The summed E-state index contributed by atoms with van der Waals surface area (Å²) in [5, 5.41) is 0.992. The zero-order valence-electron chi connectivity index (χ0n) is 19.4. The first-order valence-electron chi connectivity index (χ1n) is 11.7. The van der Waals surface area contributed by atoms with Crippen LogP contribution in [0.25, 0.3) is 10.9 Å². The smallest absolute Gasteiger partial charge is 0.274 e. The van der Waals surface area contributed by atoms with E-state index in [9.17, 15) is 14.4 Å². The second-order valence-electron chi connectivity index (χ2n) is 9.37. The average molecular weight is 468 g/mol. The Morgan fingerprint density at radius 1 is 1.09 bits per heavy atom. The van der Waals surface area contributed by atoms with Crippen LogP contribution in [0.5, 0.6) is 0 Å². The number of aromatic amines is 1. The summed E-state index contributed by atoms with van der Waals surface area (Å²) in [7, 11) is 1.81. The standard InChI is InChI=1S/C27H25N5O3/c1-30(27(10-11-27)20-8-6-18(16-33)7-9-20)26(35)24-23-15-31(12-13-32(23)17-28-24)25(34)22-14-19-4-2-3-5-21(19)29-22/h2-9,14,16-17,29H,10-13,15H2,1H3. The molecule has 0 atom stereocenters. The Labute approximate surface area is 202 Å². The number of nitrogens with zero attached hydrogens (tertiary/aromatic N) is 4. The number of para-hydroxylation sites is 1. The summed E-state index contributed by atoms with van der Waals surface area (Å²) in [5.41, 5.74) is 3.85. The molecule has 6 rings (SSSR count). The van der Waals surface area contributed by atoms with Gasteiger partial charge in [0.15, 0.2) is 5.69 Å². The Bertz CT molecular complexity index is 1430. The maximum Gasteiger partial charge on any atom is 0.274 e. The summed E-state index contributed by atoms with van der Waals surface area (Å²) in [4.78, 5) is 49.1. The normalized spacial score (nSPS) is 16.1. The number of carbonyl (C=O) groups excluding carboxylic acids is 3. The van der Waals surface area contributed by atoms with Gasteiger partial charge >= 0.3 is 0 Å². The zero-order chi connectivity index (χ0) is 24.2. The Balaban J connectivity index is 1.24. The number of amides is 2. The fourth-order valence-corrected chi connectivity index (χ4v) is 5.13. The molecule has 176 valence electrons.